The molecule has 0 fully saturated rings. The third kappa shape index (κ3) is 3.55. The number of hydrogen-bond acceptors (Lipinski definition) is 4. The number of amides is 2. The van der Waals surface area contributed by atoms with Gasteiger partial charge in [0.25, 0.3) is 5.91 Å². The van der Waals surface area contributed by atoms with Crippen LogP contribution >= 0.6 is 0 Å². The first kappa shape index (κ1) is 19.0. The smallest absolute Gasteiger partial charge is 0.341 e. The van der Waals surface area contributed by atoms with Crippen molar-refractivity contribution >= 4 is 21.7 Å². The molecular weight excluding hydrogens is 378 g/mol. The molecule has 0 aliphatic carbocycles. The lowest BCUT2D eigenvalue weighted by Crippen LogP contribution is -2.51. The Bertz CT molecular complexity index is 991. The summed E-state index contributed by atoms with van der Waals surface area (Å²) in [6.45, 7) is 0.166. The summed E-state index contributed by atoms with van der Waals surface area (Å²) < 4.78 is 48.2. The van der Waals surface area contributed by atoms with E-state index < -0.39 is 38.3 Å². The molecular formula is C18H16F2N2O4S. The number of carbonyl (C=O) groups excluding carboxylic acids is 2. The third-order valence-corrected chi connectivity index (χ3v) is 5.90. The summed E-state index contributed by atoms with van der Waals surface area (Å²) in [5.41, 5.74) is 7.32. The van der Waals surface area contributed by atoms with Gasteiger partial charge in [-0.05, 0) is 35.4 Å². The van der Waals surface area contributed by atoms with Gasteiger partial charge in [-0.2, -0.15) is 8.78 Å². The van der Waals surface area contributed by atoms with E-state index in [4.69, 9.17) is 5.73 Å². The predicted molar refractivity (Wildman–Crippen MR) is 92.6 cm³/mol. The lowest BCUT2D eigenvalue weighted by Gasteiger charge is -2.35. The third-order valence-electron chi connectivity index (χ3n) is 4.50. The molecule has 3 rings (SSSR count). The maximum absolute atomic E-state index is 12.8. The Hall–Kier alpha value is -2.81. The van der Waals surface area contributed by atoms with Gasteiger partial charge in [-0.25, -0.2) is 8.42 Å². The van der Waals surface area contributed by atoms with E-state index in [2.05, 4.69) is 0 Å². The highest BCUT2D eigenvalue weighted by molar-refractivity contribution is 7.91. The van der Waals surface area contributed by atoms with E-state index in [-0.39, 0.29) is 18.5 Å². The van der Waals surface area contributed by atoms with E-state index in [0.29, 0.717) is 0 Å². The lowest BCUT2D eigenvalue weighted by atomic mass is 9.93. The van der Waals surface area contributed by atoms with Crippen LogP contribution < -0.4 is 5.73 Å². The molecule has 0 saturated carbocycles. The predicted octanol–water partition coefficient (Wildman–Crippen LogP) is 1.74. The quantitative estimate of drug-likeness (QED) is 0.854. The molecule has 0 aromatic heterocycles. The highest BCUT2D eigenvalue weighted by Crippen LogP contribution is 2.26. The summed E-state index contributed by atoms with van der Waals surface area (Å²) >= 11 is 0. The highest BCUT2D eigenvalue weighted by Gasteiger charge is 2.34. The normalized spacial score (nSPS) is 16.9. The van der Waals surface area contributed by atoms with Crippen molar-refractivity contribution in [2.75, 3.05) is 0 Å². The van der Waals surface area contributed by atoms with Gasteiger partial charge in [-0.1, -0.05) is 24.3 Å². The fraction of sp³-hybridized carbons (Fsp3) is 0.222. The zero-order valence-electron chi connectivity index (χ0n) is 14.0. The molecule has 1 atom stereocenters. The van der Waals surface area contributed by atoms with E-state index in [0.717, 1.165) is 35.4 Å². The van der Waals surface area contributed by atoms with Crippen molar-refractivity contribution in [3.05, 3.63) is 65.2 Å². The molecule has 0 unspecified atom stereocenters. The summed E-state index contributed by atoms with van der Waals surface area (Å²) in [5, 5.41) is 0. The molecule has 2 amide bonds. The number of nitrogens with zero attached hydrogens (tertiary/aromatic N) is 1. The number of carbonyl (C=O) groups is 2. The second-order valence-electron chi connectivity index (χ2n) is 6.15. The van der Waals surface area contributed by atoms with Gasteiger partial charge >= 0.3 is 5.76 Å². The van der Waals surface area contributed by atoms with Gasteiger partial charge in [0.15, 0.2) is 0 Å². The molecule has 0 radical (unpaired) electrons. The topological polar surface area (TPSA) is 97.5 Å². The van der Waals surface area contributed by atoms with Crippen LogP contribution in [0.15, 0.2) is 53.4 Å². The summed E-state index contributed by atoms with van der Waals surface area (Å²) in [7, 11) is -4.74. The van der Waals surface area contributed by atoms with E-state index in [1.165, 1.54) is 4.90 Å². The molecule has 9 heteroatoms. The minimum Gasteiger partial charge on any atom is -0.368 e. The molecule has 27 heavy (non-hydrogen) atoms. The molecule has 2 N–H and O–H groups in total. The number of primary amides is 1. The van der Waals surface area contributed by atoms with Crippen LogP contribution in [0, 0.1) is 0 Å². The minimum atomic E-state index is -4.74. The Morgan fingerprint density at radius 2 is 1.63 bits per heavy atom. The van der Waals surface area contributed by atoms with Crippen LogP contribution in [-0.4, -0.2) is 36.9 Å². The van der Waals surface area contributed by atoms with Crippen molar-refractivity contribution in [3.63, 3.8) is 0 Å². The van der Waals surface area contributed by atoms with Crippen molar-refractivity contribution in [2.45, 2.75) is 29.7 Å². The van der Waals surface area contributed by atoms with Crippen molar-refractivity contribution < 1.29 is 26.8 Å². The standard InChI is InChI=1S/C18H16F2N2O4S/c19-18(20)27(25,26)14-7-5-11(6-8-14)17(24)22-10-13-4-2-1-3-12(13)9-15(22)16(21)23/h1-8,15,18H,9-10H2,(H2,21,23)/t15-/m1/s1. The highest BCUT2D eigenvalue weighted by atomic mass is 32.2. The molecule has 0 spiro atoms. The fourth-order valence-corrected chi connectivity index (χ4v) is 3.77. The maximum Gasteiger partial charge on any atom is 0.341 e. The van der Waals surface area contributed by atoms with Gasteiger partial charge in [0.1, 0.15) is 6.04 Å². The zero-order valence-corrected chi connectivity index (χ0v) is 14.8. The van der Waals surface area contributed by atoms with Crippen molar-refractivity contribution in [1.29, 1.82) is 0 Å². The number of alkyl halides is 2. The van der Waals surface area contributed by atoms with Gasteiger partial charge in [0, 0.05) is 18.5 Å². The molecule has 2 aromatic rings. The second kappa shape index (κ2) is 7.07. The average molecular weight is 394 g/mol. The number of rotatable bonds is 4. The van der Waals surface area contributed by atoms with Crippen molar-refractivity contribution in [3.8, 4) is 0 Å². The Labute approximate surface area is 154 Å². The number of nitrogens with two attached hydrogens (primary N) is 1. The molecule has 0 saturated heterocycles. The maximum atomic E-state index is 12.8. The van der Waals surface area contributed by atoms with Gasteiger partial charge in [0.05, 0.1) is 4.90 Å². The number of halogens is 2. The van der Waals surface area contributed by atoms with E-state index in [1.807, 2.05) is 24.3 Å². The summed E-state index contributed by atoms with van der Waals surface area (Å²) in [6.07, 6.45) is 0.273. The number of fused-ring (bicyclic) bond motifs is 1. The van der Waals surface area contributed by atoms with Gasteiger partial charge < -0.3 is 10.6 Å². The Balaban J connectivity index is 1.91. The molecule has 1 heterocycles. The fourth-order valence-electron chi connectivity index (χ4n) is 3.05. The molecule has 0 bridgehead atoms. The average Bonchev–Trinajstić information content (AvgIpc) is 2.66. The number of sulfone groups is 1. The first-order valence-electron chi connectivity index (χ1n) is 8.01. The van der Waals surface area contributed by atoms with Crippen LogP contribution in [0.3, 0.4) is 0 Å². The number of hydrogen-bond donors (Lipinski definition) is 1. The first-order chi connectivity index (χ1) is 12.7. The van der Waals surface area contributed by atoms with Crippen LogP contribution in [0.5, 0.6) is 0 Å². The van der Waals surface area contributed by atoms with Crippen LogP contribution in [0.2, 0.25) is 0 Å². The lowest BCUT2D eigenvalue weighted by molar-refractivity contribution is -0.122. The van der Waals surface area contributed by atoms with Crippen LogP contribution in [0.1, 0.15) is 21.5 Å². The van der Waals surface area contributed by atoms with Crippen molar-refractivity contribution in [2.24, 2.45) is 5.73 Å². The van der Waals surface area contributed by atoms with Gasteiger partial charge in [-0.3, -0.25) is 9.59 Å². The van der Waals surface area contributed by atoms with E-state index in [9.17, 15) is 26.8 Å². The molecule has 6 nitrogen and oxygen atoms in total. The Kier molecular flexibility index (Phi) is 4.97. The first-order valence-corrected chi connectivity index (χ1v) is 9.55. The van der Waals surface area contributed by atoms with Crippen LogP contribution in [0.4, 0.5) is 8.78 Å². The number of benzene rings is 2. The molecule has 2 aromatic carbocycles. The van der Waals surface area contributed by atoms with Crippen LogP contribution in [0.25, 0.3) is 0 Å². The largest absolute Gasteiger partial charge is 0.368 e. The SMILES string of the molecule is NC(=O)[C@H]1Cc2ccccc2CN1C(=O)c1ccc(S(=O)(=O)C(F)F)cc1. The Morgan fingerprint density at radius 1 is 1.04 bits per heavy atom. The summed E-state index contributed by atoms with van der Waals surface area (Å²) in [5.74, 6) is -4.74. The Morgan fingerprint density at radius 3 is 2.19 bits per heavy atom. The van der Waals surface area contributed by atoms with Gasteiger partial charge in [-0.15, -0.1) is 0 Å². The molecule has 1 aliphatic heterocycles. The molecule has 142 valence electrons. The van der Waals surface area contributed by atoms with Crippen molar-refractivity contribution in [1.82, 2.24) is 4.90 Å². The summed E-state index contributed by atoms with van der Waals surface area (Å²) in [6, 6.07) is 10.7. The molecule has 1 aliphatic rings. The minimum absolute atomic E-state index is 0.0776. The van der Waals surface area contributed by atoms with Gasteiger partial charge in [0.2, 0.25) is 15.7 Å². The zero-order chi connectivity index (χ0) is 19.8. The van der Waals surface area contributed by atoms with E-state index in [1.54, 1.807) is 0 Å². The van der Waals surface area contributed by atoms with E-state index >= 15 is 0 Å². The monoisotopic (exact) mass is 394 g/mol. The summed E-state index contributed by atoms with van der Waals surface area (Å²) in [4.78, 5) is 25.4. The van der Waals surface area contributed by atoms with Crippen LogP contribution in [-0.2, 0) is 27.6 Å². The second-order valence-corrected chi connectivity index (χ2v) is 8.07.